The van der Waals surface area contributed by atoms with Crippen LogP contribution < -0.4 is 20.1 Å². The summed E-state index contributed by atoms with van der Waals surface area (Å²) >= 11 is 1.65. The molecular weight excluding hydrogens is 312 g/mol. The predicted molar refractivity (Wildman–Crippen MR) is 93.5 cm³/mol. The highest BCUT2D eigenvalue weighted by atomic mass is 32.2. The Kier molecular flexibility index (Phi) is 7.55. The Hall–Kier alpha value is -1.40. The highest BCUT2D eigenvalue weighted by Crippen LogP contribution is 2.31. The normalized spacial score (nSPS) is 17.6. The second kappa shape index (κ2) is 9.67. The Balaban J connectivity index is 1.68. The lowest BCUT2D eigenvalue weighted by Crippen LogP contribution is -2.38. The molecule has 0 aliphatic carbocycles. The number of rotatable bonds is 8. The summed E-state index contributed by atoms with van der Waals surface area (Å²) in [6.07, 6.45) is 2.93. The van der Waals surface area contributed by atoms with Gasteiger partial charge in [0.2, 0.25) is 5.91 Å². The molecule has 128 valence electrons. The van der Waals surface area contributed by atoms with Crippen LogP contribution in [-0.2, 0) is 4.79 Å². The molecule has 0 bridgehead atoms. The van der Waals surface area contributed by atoms with Gasteiger partial charge in [-0.05, 0) is 50.0 Å². The van der Waals surface area contributed by atoms with Crippen LogP contribution in [0.3, 0.4) is 0 Å². The Morgan fingerprint density at radius 2 is 2.17 bits per heavy atom. The van der Waals surface area contributed by atoms with E-state index in [9.17, 15) is 4.79 Å². The maximum atomic E-state index is 11.9. The number of hydrogen-bond acceptors (Lipinski definition) is 5. The van der Waals surface area contributed by atoms with Crippen molar-refractivity contribution in [1.29, 1.82) is 0 Å². The summed E-state index contributed by atoms with van der Waals surface area (Å²) in [6.45, 7) is 2.90. The lowest BCUT2D eigenvalue weighted by atomic mass is 10.00. The first kappa shape index (κ1) is 17.9. The molecule has 1 aliphatic rings. The maximum absolute atomic E-state index is 11.9. The van der Waals surface area contributed by atoms with Crippen molar-refractivity contribution in [3.63, 3.8) is 0 Å². The van der Waals surface area contributed by atoms with Crippen molar-refractivity contribution in [3.05, 3.63) is 18.2 Å². The number of carbonyl (C=O) groups is 1. The Bertz CT molecular complexity index is 505. The molecule has 1 fully saturated rings. The first-order chi connectivity index (χ1) is 11.2. The highest BCUT2D eigenvalue weighted by Gasteiger charge is 2.13. The van der Waals surface area contributed by atoms with Crippen LogP contribution in [0.15, 0.2) is 23.1 Å². The molecule has 2 rings (SSSR count). The van der Waals surface area contributed by atoms with Crippen LogP contribution in [0.4, 0.5) is 0 Å². The molecule has 1 aromatic rings. The zero-order valence-electron chi connectivity index (χ0n) is 13.9. The van der Waals surface area contributed by atoms with Crippen molar-refractivity contribution in [2.75, 3.05) is 39.6 Å². The van der Waals surface area contributed by atoms with Gasteiger partial charge in [0.1, 0.15) is 0 Å². The van der Waals surface area contributed by atoms with Gasteiger partial charge in [-0.3, -0.25) is 4.79 Å². The van der Waals surface area contributed by atoms with Gasteiger partial charge in [0.15, 0.2) is 11.5 Å². The van der Waals surface area contributed by atoms with Crippen molar-refractivity contribution in [2.24, 2.45) is 5.92 Å². The zero-order valence-corrected chi connectivity index (χ0v) is 14.7. The molecule has 1 aromatic carbocycles. The second-order valence-electron chi connectivity index (χ2n) is 5.63. The van der Waals surface area contributed by atoms with E-state index < -0.39 is 0 Å². The van der Waals surface area contributed by atoms with Crippen molar-refractivity contribution in [2.45, 2.75) is 24.2 Å². The monoisotopic (exact) mass is 338 g/mol. The van der Waals surface area contributed by atoms with Gasteiger partial charge in [-0.1, -0.05) is 0 Å². The van der Waals surface area contributed by atoms with Gasteiger partial charge in [-0.2, -0.15) is 0 Å². The van der Waals surface area contributed by atoms with Crippen LogP contribution in [0.2, 0.25) is 0 Å². The summed E-state index contributed by atoms with van der Waals surface area (Å²) in [6, 6.07) is 5.81. The highest BCUT2D eigenvalue weighted by molar-refractivity contribution is 7.99. The topological polar surface area (TPSA) is 59.6 Å². The molecule has 1 saturated heterocycles. The summed E-state index contributed by atoms with van der Waals surface area (Å²) in [5.41, 5.74) is 0. The van der Waals surface area contributed by atoms with Crippen molar-refractivity contribution in [1.82, 2.24) is 10.6 Å². The first-order valence-corrected chi connectivity index (χ1v) is 9.03. The van der Waals surface area contributed by atoms with Crippen molar-refractivity contribution < 1.29 is 14.3 Å². The average molecular weight is 338 g/mol. The molecule has 1 atom stereocenters. The van der Waals surface area contributed by atoms with Crippen molar-refractivity contribution >= 4 is 17.7 Å². The number of carbonyl (C=O) groups excluding carboxylic acids is 1. The molecule has 0 aromatic heterocycles. The third kappa shape index (κ3) is 5.95. The van der Waals surface area contributed by atoms with Gasteiger partial charge in [-0.15, -0.1) is 11.8 Å². The van der Waals surface area contributed by atoms with Crippen LogP contribution in [0.1, 0.15) is 19.3 Å². The smallest absolute Gasteiger partial charge is 0.220 e. The van der Waals surface area contributed by atoms with Crippen LogP contribution in [-0.4, -0.2) is 45.5 Å². The quantitative estimate of drug-likeness (QED) is 0.712. The minimum Gasteiger partial charge on any atom is -0.493 e. The molecule has 1 amide bonds. The molecule has 5 nitrogen and oxygen atoms in total. The molecule has 0 spiro atoms. The van der Waals surface area contributed by atoms with Gasteiger partial charge in [0.05, 0.1) is 14.2 Å². The van der Waals surface area contributed by atoms with Crippen LogP contribution >= 0.6 is 11.8 Å². The summed E-state index contributed by atoms with van der Waals surface area (Å²) in [5, 5.41) is 6.41. The van der Waals surface area contributed by atoms with E-state index in [2.05, 4.69) is 10.6 Å². The van der Waals surface area contributed by atoms with Gasteiger partial charge >= 0.3 is 0 Å². The van der Waals surface area contributed by atoms with E-state index >= 15 is 0 Å². The number of amides is 1. The fraction of sp³-hybridized carbons (Fsp3) is 0.588. The van der Waals surface area contributed by atoms with E-state index in [1.54, 1.807) is 26.0 Å². The standard InChI is InChI=1S/C17H26N2O3S/c1-21-15-6-5-14(10-16(15)22-2)23-9-7-17(20)19-12-13-4-3-8-18-11-13/h5-6,10,13,18H,3-4,7-9,11-12H2,1-2H3,(H,19,20). The molecule has 1 unspecified atom stereocenters. The number of benzene rings is 1. The minimum absolute atomic E-state index is 0.128. The number of nitrogens with one attached hydrogen (secondary N) is 2. The number of ether oxygens (including phenoxy) is 2. The number of thioether (sulfide) groups is 1. The number of methoxy groups -OCH3 is 2. The third-order valence-electron chi connectivity index (χ3n) is 3.94. The lowest BCUT2D eigenvalue weighted by molar-refractivity contribution is -0.120. The van der Waals surface area contributed by atoms with Crippen LogP contribution in [0, 0.1) is 5.92 Å². The predicted octanol–water partition coefficient (Wildman–Crippen LogP) is 2.30. The summed E-state index contributed by atoms with van der Waals surface area (Å²) in [7, 11) is 3.25. The summed E-state index contributed by atoms with van der Waals surface area (Å²) in [4.78, 5) is 13.0. The number of piperidine rings is 1. The molecular formula is C17H26N2O3S. The molecule has 6 heteroatoms. The second-order valence-corrected chi connectivity index (χ2v) is 6.80. The van der Waals surface area contributed by atoms with E-state index in [0.29, 0.717) is 18.1 Å². The van der Waals surface area contributed by atoms with E-state index in [-0.39, 0.29) is 5.91 Å². The summed E-state index contributed by atoms with van der Waals surface area (Å²) in [5.74, 6) is 2.89. The lowest BCUT2D eigenvalue weighted by Gasteiger charge is -2.22. The maximum Gasteiger partial charge on any atom is 0.220 e. The third-order valence-corrected chi connectivity index (χ3v) is 4.94. The molecule has 1 aliphatic heterocycles. The molecule has 0 radical (unpaired) electrons. The van der Waals surface area contributed by atoms with E-state index in [1.165, 1.54) is 12.8 Å². The zero-order chi connectivity index (χ0) is 16.5. The first-order valence-electron chi connectivity index (χ1n) is 8.05. The molecule has 0 saturated carbocycles. The Labute approximate surface area is 142 Å². The van der Waals surface area contributed by atoms with Gasteiger partial charge in [0.25, 0.3) is 0 Å². The van der Waals surface area contributed by atoms with E-state index in [0.717, 1.165) is 36.0 Å². The number of hydrogen-bond donors (Lipinski definition) is 2. The van der Waals surface area contributed by atoms with Gasteiger partial charge in [-0.25, -0.2) is 0 Å². The van der Waals surface area contributed by atoms with Gasteiger partial charge < -0.3 is 20.1 Å². The molecule has 23 heavy (non-hydrogen) atoms. The SMILES string of the molecule is COc1ccc(SCCC(=O)NCC2CCCNC2)cc1OC. The van der Waals surface area contributed by atoms with Gasteiger partial charge in [0, 0.05) is 23.6 Å². The van der Waals surface area contributed by atoms with E-state index in [1.807, 2.05) is 18.2 Å². The largest absolute Gasteiger partial charge is 0.493 e. The minimum atomic E-state index is 0.128. The average Bonchev–Trinajstić information content (AvgIpc) is 2.60. The van der Waals surface area contributed by atoms with Crippen molar-refractivity contribution in [3.8, 4) is 11.5 Å². The molecule has 1 heterocycles. The van der Waals surface area contributed by atoms with E-state index in [4.69, 9.17) is 9.47 Å². The van der Waals surface area contributed by atoms with Crippen LogP contribution in [0.25, 0.3) is 0 Å². The van der Waals surface area contributed by atoms with Crippen LogP contribution in [0.5, 0.6) is 11.5 Å². The molecule has 2 N–H and O–H groups in total. The fourth-order valence-electron chi connectivity index (χ4n) is 2.61. The fourth-order valence-corrected chi connectivity index (χ4v) is 3.49. The summed E-state index contributed by atoms with van der Waals surface area (Å²) < 4.78 is 10.5. The Morgan fingerprint density at radius 3 is 2.87 bits per heavy atom. The Morgan fingerprint density at radius 1 is 1.35 bits per heavy atom.